The third-order valence-electron chi connectivity index (χ3n) is 2.72. The lowest BCUT2D eigenvalue weighted by atomic mass is 9.95. The second kappa shape index (κ2) is 4.89. The monoisotopic (exact) mass is 199 g/mol. The van der Waals surface area contributed by atoms with E-state index in [0.29, 0.717) is 5.92 Å². The van der Waals surface area contributed by atoms with E-state index >= 15 is 0 Å². The Morgan fingerprint density at radius 3 is 2.86 bits per heavy atom. The number of ether oxygens (including phenoxy) is 1. The molecule has 0 saturated carbocycles. The lowest BCUT2D eigenvalue weighted by Crippen LogP contribution is -2.34. The maximum Gasteiger partial charge on any atom is 0.126 e. The zero-order valence-corrected chi connectivity index (χ0v) is 9.45. The number of carbonyl (C=O) groups is 1. The first kappa shape index (κ1) is 11.7. The van der Waals surface area contributed by atoms with Gasteiger partial charge in [0.05, 0.1) is 6.61 Å². The fourth-order valence-electron chi connectivity index (χ4n) is 2.04. The number of nitrogens with zero attached hydrogens (tertiary/aromatic N) is 1. The van der Waals surface area contributed by atoms with E-state index in [4.69, 9.17) is 4.74 Å². The van der Waals surface area contributed by atoms with E-state index in [1.807, 2.05) is 13.8 Å². The van der Waals surface area contributed by atoms with Gasteiger partial charge >= 0.3 is 0 Å². The quantitative estimate of drug-likeness (QED) is 0.623. The summed E-state index contributed by atoms with van der Waals surface area (Å²) >= 11 is 0. The molecule has 0 aromatic carbocycles. The number of aldehydes is 1. The van der Waals surface area contributed by atoms with Gasteiger partial charge < -0.3 is 14.4 Å². The van der Waals surface area contributed by atoms with Crippen molar-refractivity contribution in [2.45, 2.75) is 20.3 Å². The van der Waals surface area contributed by atoms with E-state index in [1.54, 1.807) is 7.11 Å². The van der Waals surface area contributed by atoms with Crippen LogP contribution in [0.3, 0.4) is 0 Å². The molecule has 0 aromatic rings. The average Bonchev–Trinajstić information content (AvgIpc) is 2.53. The normalized spacial score (nSPS) is 24.1. The molecule has 0 N–H and O–H groups in total. The van der Waals surface area contributed by atoms with Crippen molar-refractivity contribution < 1.29 is 9.53 Å². The van der Waals surface area contributed by atoms with Gasteiger partial charge in [-0.05, 0) is 18.9 Å². The smallest absolute Gasteiger partial charge is 0.126 e. The minimum absolute atomic E-state index is 0.206. The van der Waals surface area contributed by atoms with Crippen LogP contribution in [0.15, 0.2) is 0 Å². The Bertz CT molecular complexity index is 192. The number of hydrogen-bond donors (Lipinski definition) is 0. The van der Waals surface area contributed by atoms with Crippen molar-refractivity contribution in [1.82, 2.24) is 4.90 Å². The molecule has 0 amide bonds. The van der Waals surface area contributed by atoms with Gasteiger partial charge in [-0.25, -0.2) is 0 Å². The first-order chi connectivity index (χ1) is 6.57. The molecule has 0 radical (unpaired) electrons. The lowest BCUT2D eigenvalue weighted by Gasteiger charge is -2.24. The Morgan fingerprint density at radius 1 is 1.57 bits per heavy atom. The van der Waals surface area contributed by atoms with Crippen LogP contribution >= 0.6 is 0 Å². The first-order valence-electron chi connectivity index (χ1n) is 5.25. The van der Waals surface area contributed by atoms with Gasteiger partial charge in [0.2, 0.25) is 0 Å². The Morgan fingerprint density at radius 2 is 2.29 bits per heavy atom. The number of rotatable bonds is 5. The van der Waals surface area contributed by atoms with E-state index in [0.717, 1.165) is 32.5 Å². The van der Waals surface area contributed by atoms with Crippen LogP contribution in [0.25, 0.3) is 0 Å². The Labute approximate surface area is 86.4 Å². The molecule has 3 heteroatoms. The summed E-state index contributed by atoms with van der Waals surface area (Å²) in [5, 5.41) is 0. The van der Waals surface area contributed by atoms with Crippen molar-refractivity contribution in [2.24, 2.45) is 11.3 Å². The fourth-order valence-corrected chi connectivity index (χ4v) is 2.04. The zero-order chi connectivity index (χ0) is 10.6. The van der Waals surface area contributed by atoms with Crippen molar-refractivity contribution in [2.75, 3.05) is 33.4 Å². The van der Waals surface area contributed by atoms with E-state index in [1.165, 1.54) is 6.42 Å². The van der Waals surface area contributed by atoms with Gasteiger partial charge in [0, 0.05) is 25.6 Å². The van der Waals surface area contributed by atoms with Gasteiger partial charge in [-0.3, -0.25) is 0 Å². The minimum Gasteiger partial charge on any atom is -0.384 e. The molecule has 3 nitrogen and oxygen atoms in total. The largest absolute Gasteiger partial charge is 0.384 e. The molecule has 1 fully saturated rings. The summed E-state index contributed by atoms with van der Waals surface area (Å²) in [5.74, 6) is 0.655. The van der Waals surface area contributed by atoms with Gasteiger partial charge in [-0.2, -0.15) is 0 Å². The summed E-state index contributed by atoms with van der Waals surface area (Å²) in [6.45, 7) is 7.87. The number of carbonyl (C=O) groups excluding carboxylic acids is 1. The SMILES string of the molecule is COCC1CCN(CC(C)(C)C=O)C1. The molecule has 1 unspecified atom stereocenters. The van der Waals surface area contributed by atoms with Crippen molar-refractivity contribution in [1.29, 1.82) is 0 Å². The van der Waals surface area contributed by atoms with E-state index in [-0.39, 0.29) is 5.41 Å². The summed E-state index contributed by atoms with van der Waals surface area (Å²) in [6, 6.07) is 0. The Kier molecular flexibility index (Phi) is 4.08. The minimum atomic E-state index is -0.206. The van der Waals surface area contributed by atoms with Gasteiger partial charge in [-0.1, -0.05) is 13.8 Å². The zero-order valence-electron chi connectivity index (χ0n) is 9.45. The highest BCUT2D eigenvalue weighted by Crippen LogP contribution is 2.21. The highest BCUT2D eigenvalue weighted by Gasteiger charge is 2.27. The summed E-state index contributed by atoms with van der Waals surface area (Å²) in [6.07, 6.45) is 2.25. The molecule has 1 heterocycles. The summed E-state index contributed by atoms with van der Waals surface area (Å²) in [5.41, 5.74) is -0.206. The molecule has 0 aromatic heterocycles. The van der Waals surface area contributed by atoms with Crippen LogP contribution in [0, 0.1) is 11.3 Å². The summed E-state index contributed by atoms with van der Waals surface area (Å²) < 4.78 is 5.13. The maximum atomic E-state index is 10.8. The first-order valence-corrected chi connectivity index (χ1v) is 5.25. The van der Waals surface area contributed by atoms with Gasteiger partial charge in [0.15, 0.2) is 0 Å². The van der Waals surface area contributed by atoms with Crippen LogP contribution < -0.4 is 0 Å². The maximum absolute atomic E-state index is 10.8. The third kappa shape index (κ3) is 3.39. The highest BCUT2D eigenvalue weighted by atomic mass is 16.5. The standard InChI is InChI=1S/C11H21NO2/c1-11(2,9-13)8-12-5-4-10(6-12)7-14-3/h9-10H,4-8H2,1-3H3. The van der Waals surface area contributed by atoms with Crippen molar-refractivity contribution >= 4 is 6.29 Å². The Hall–Kier alpha value is -0.410. The van der Waals surface area contributed by atoms with Crippen LogP contribution in [-0.2, 0) is 9.53 Å². The number of likely N-dealkylation sites (tertiary alicyclic amines) is 1. The molecule has 1 saturated heterocycles. The summed E-state index contributed by atoms with van der Waals surface area (Å²) in [4.78, 5) is 13.1. The molecule has 0 spiro atoms. The van der Waals surface area contributed by atoms with Crippen LogP contribution in [0.2, 0.25) is 0 Å². The lowest BCUT2D eigenvalue weighted by molar-refractivity contribution is -0.115. The van der Waals surface area contributed by atoms with Crippen LogP contribution in [0.4, 0.5) is 0 Å². The molecule has 1 aliphatic heterocycles. The van der Waals surface area contributed by atoms with E-state index in [2.05, 4.69) is 4.90 Å². The third-order valence-corrected chi connectivity index (χ3v) is 2.72. The molecule has 82 valence electrons. The van der Waals surface area contributed by atoms with E-state index < -0.39 is 0 Å². The predicted octanol–water partition coefficient (Wildman–Crippen LogP) is 1.18. The number of hydrogen-bond acceptors (Lipinski definition) is 3. The van der Waals surface area contributed by atoms with Crippen LogP contribution in [0.1, 0.15) is 20.3 Å². The second-order valence-corrected chi connectivity index (χ2v) is 4.95. The van der Waals surface area contributed by atoms with Gasteiger partial charge in [-0.15, -0.1) is 0 Å². The average molecular weight is 199 g/mol. The molecule has 0 bridgehead atoms. The van der Waals surface area contributed by atoms with Gasteiger partial charge in [0.25, 0.3) is 0 Å². The molecule has 1 rings (SSSR count). The number of methoxy groups -OCH3 is 1. The second-order valence-electron chi connectivity index (χ2n) is 4.95. The Balaban J connectivity index is 2.32. The fraction of sp³-hybridized carbons (Fsp3) is 0.909. The molecule has 1 aliphatic rings. The molecule has 0 aliphatic carbocycles. The topological polar surface area (TPSA) is 29.5 Å². The van der Waals surface area contributed by atoms with Crippen molar-refractivity contribution in [3.8, 4) is 0 Å². The molecular formula is C11H21NO2. The van der Waals surface area contributed by atoms with Gasteiger partial charge in [0.1, 0.15) is 6.29 Å². The molecule has 1 atom stereocenters. The predicted molar refractivity (Wildman–Crippen MR) is 56.3 cm³/mol. The summed E-state index contributed by atoms with van der Waals surface area (Å²) in [7, 11) is 1.75. The van der Waals surface area contributed by atoms with Crippen molar-refractivity contribution in [3.63, 3.8) is 0 Å². The van der Waals surface area contributed by atoms with E-state index in [9.17, 15) is 4.79 Å². The van der Waals surface area contributed by atoms with Crippen molar-refractivity contribution in [3.05, 3.63) is 0 Å². The molecular weight excluding hydrogens is 178 g/mol. The van der Waals surface area contributed by atoms with Crippen LogP contribution in [-0.4, -0.2) is 44.5 Å². The highest BCUT2D eigenvalue weighted by molar-refractivity contribution is 5.58. The molecule has 14 heavy (non-hydrogen) atoms. The van der Waals surface area contributed by atoms with Crippen LogP contribution in [0.5, 0.6) is 0 Å².